The molecule has 2 amide bonds. The molecule has 1 heterocycles. The van der Waals surface area contributed by atoms with Crippen molar-refractivity contribution in [2.75, 3.05) is 5.32 Å². The minimum Gasteiger partial charge on any atom is -0.481 e. The number of carboxylic acids is 1. The van der Waals surface area contributed by atoms with Crippen LogP contribution in [-0.4, -0.2) is 22.9 Å². The Morgan fingerprint density at radius 2 is 1.71 bits per heavy atom. The minimum atomic E-state index is -0.900. The normalized spacial score (nSPS) is 25.7. The van der Waals surface area contributed by atoms with Crippen LogP contribution in [0.1, 0.15) is 78.4 Å². The van der Waals surface area contributed by atoms with Crippen LogP contribution >= 0.6 is 11.3 Å². The van der Waals surface area contributed by atoms with Crippen LogP contribution in [0.3, 0.4) is 0 Å². The number of hydrogen-bond acceptors (Lipinski definition) is 4. The lowest BCUT2D eigenvalue weighted by Crippen LogP contribution is -2.38. The Morgan fingerprint density at radius 1 is 1.03 bits per heavy atom. The number of carbonyl (C=O) groups excluding carboxylic acids is 2. The predicted molar refractivity (Wildman–Crippen MR) is 150 cm³/mol. The number of thiophene rings is 1. The van der Waals surface area contributed by atoms with Crippen LogP contribution in [0.25, 0.3) is 0 Å². The van der Waals surface area contributed by atoms with Crippen molar-refractivity contribution in [3.63, 3.8) is 0 Å². The third kappa shape index (κ3) is 4.81. The number of anilines is 1. The SMILES string of the molecule is CC[C@H]1CCc2c(sc(NC(=O)[C@@H]3[C@@H](C(=O)O)[C@@H]4CC[C@@H]3C4=C(C)C)c2C(=O)NCc2ccc(C)cc2)C1. The Bertz CT molecular complexity index is 1290. The average Bonchev–Trinajstić information content (AvgIpc) is 3.57. The lowest BCUT2D eigenvalue weighted by atomic mass is 9.78. The molecule has 2 bridgehead atoms. The summed E-state index contributed by atoms with van der Waals surface area (Å²) in [5.74, 6) is -2.19. The van der Waals surface area contributed by atoms with Crippen molar-refractivity contribution in [2.24, 2.45) is 29.6 Å². The van der Waals surface area contributed by atoms with Gasteiger partial charge in [-0.05, 0) is 81.8 Å². The molecule has 0 aliphatic heterocycles. The van der Waals surface area contributed by atoms with Gasteiger partial charge in [0, 0.05) is 11.4 Å². The van der Waals surface area contributed by atoms with Crippen LogP contribution in [-0.2, 0) is 29.0 Å². The summed E-state index contributed by atoms with van der Waals surface area (Å²) in [6, 6.07) is 8.07. The quantitative estimate of drug-likeness (QED) is 0.372. The van der Waals surface area contributed by atoms with E-state index in [1.54, 1.807) is 0 Å². The smallest absolute Gasteiger partial charge is 0.307 e. The summed E-state index contributed by atoms with van der Waals surface area (Å²) in [5.41, 5.74) is 6.09. The van der Waals surface area contributed by atoms with Crippen molar-refractivity contribution < 1.29 is 19.5 Å². The Hall–Kier alpha value is -2.93. The Morgan fingerprint density at radius 3 is 2.34 bits per heavy atom. The van der Waals surface area contributed by atoms with Gasteiger partial charge in [-0.15, -0.1) is 11.3 Å². The number of allylic oxidation sites excluding steroid dienone is 2. The molecule has 2 fully saturated rings. The highest BCUT2D eigenvalue weighted by molar-refractivity contribution is 7.17. The molecule has 0 spiro atoms. The minimum absolute atomic E-state index is 0.0380. The number of benzene rings is 1. The van der Waals surface area contributed by atoms with E-state index in [9.17, 15) is 19.5 Å². The number of carbonyl (C=O) groups is 3. The third-order valence-corrected chi connectivity index (χ3v) is 10.2. The molecular formula is C31H38N2O4S. The number of amides is 2. The summed E-state index contributed by atoms with van der Waals surface area (Å²) in [6.07, 6.45) is 5.52. The van der Waals surface area contributed by atoms with Gasteiger partial charge in [0.1, 0.15) is 5.00 Å². The fraction of sp³-hybridized carbons (Fsp3) is 0.516. The zero-order valence-electron chi connectivity index (χ0n) is 22.7. The second kappa shape index (κ2) is 10.7. The fourth-order valence-electron chi connectivity index (χ4n) is 7.11. The van der Waals surface area contributed by atoms with Gasteiger partial charge in [-0.25, -0.2) is 0 Å². The summed E-state index contributed by atoms with van der Waals surface area (Å²) in [5, 5.41) is 16.8. The number of fused-ring (bicyclic) bond motifs is 3. The van der Waals surface area contributed by atoms with Gasteiger partial charge in [0.25, 0.3) is 5.91 Å². The molecule has 1 aromatic carbocycles. The first-order valence-electron chi connectivity index (χ1n) is 13.9. The first-order valence-corrected chi connectivity index (χ1v) is 14.7. The number of hydrogen-bond donors (Lipinski definition) is 3. The molecule has 0 radical (unpaired) electrons. The Balaban J connectivity index is 1.43. The molecule has 38 heavy (non-hydrogen) atoms. The first-order chi connectivity index (χ1) is 18.2. The van der Waals surface area contributed by atoms with E-state index >= 15 is 0 Å². The highest BCUT2D eigenvalue weighted by Crippen LogP contribution is 2.57. The molecule has 7 heteroatoms. The number of carboxylic acid groups (broad SMARTS) is 1. The summed E-state index contributed by atoms with van der Waals surface area (Å²) < 4.78 is 0. The second-order valence-corrected chi connectivity index (χ2v) is 12.6. The average molecular weight is 535 g/mol. The van der Waals surface area contributed by atoms with Crippen LogP contribution in [0, 0.1) is 36.5 Å². The van der Waals surface area contributed by atoms with Gasteiger partial charge in [0.2, 0.25) is 5.91 Å². The van der Waals surface area contributed by atoms with E-state index in [0.717, 1.165) is 60.8 Å². The van der Waals surface area contributed by atoms with Crippen molar-refractivity contribution >= 4 is 34.1 Å². The molecule has 0 unspecified atom stereocenters. The van der Waals surface area contributed by atoms with E-state index in [1.807, 2.05) is 45.0 Å². The van der Waals surface area contributed by atoms with E-state index < -0.39 is 17.8 Å². The second-order valence-electron chi connectivity index (χ2n) is 11.5. The maximum Gasteiger partial charge on any atom is 0.307 e. The van der Waals surface area contributed by atoms with Crippen LogP contribution in [0.4, 0.5) is 5.00 Å². The summed E-state index contributed by atoms with van der Waals surface area (Å²) in [6.45, 7) is 8.68. The maximum absolute atomic E-state index is 13.8. The molecule has 3 N–H and O–H groups in total. The van der Waals surface area contributed by atoms with Gasteiger partial charge in [-0.2, -0.15) is 0 Å². The number of aryl methyl sites for hydroxylation is 1. The highest BCUT2D eigenvalue weighted by Gasteiger charge is 2.57. The van der Waals surface area contributed by atoms with Gasteiger partial charge in [-0.3, -0.25) is 14.4 Å². The van der Waals surface area contributed by atoms with Crippen LogP contribution in [0.2, 0.25) is 0 Å². The van der Waals surface area contributed by atoms with E-state index in [4.69, 9.17) is 0 Å². The molecule has 2 saturated carbocycles. The van der Waals surface area contributed by atoms with Crippen molar-refractivity contribution in [1.29, 1.82) is 0 Å². The van der Waals surface area contributed by atoms with Crippen molar-refractivity contribution in [3.8, 4) is 0 Å². The third-order valence-electron chi connectivity index (χ3n) is 8.99. The first kappa shape index (κ1) is 26.7. The van der Waals surface area contributed by atoms with E-state index in [-0.39, 0.29) is 23.7 Å². The number of rotatable bonds is 7. The summed E-state index contributed by atoms with van der Waals surface area (Å²) in [7, 11) is 0. The summed E-state index contributed by atoms with van der Waals surface area (Å²) in [4.78, 5) is 40.8. The Kier molecular flexibility index (Phi) is 7.49. The van der Waals surface area contributed by atoms with Crippen molar-refractivity contribution in [1.82, 2.24) is 5.32 Å². The van der Waals surface area contributed by atoms with Gasteiger partial charge >= 0.3 is 5.97 Å². The van der Waals surface area contributed by atoms with Crippen LogP contribution < -0.4 is 10.6 Å². The maximum atomic E-state index is 13.8. The van der Waals surface area contributed by atoms with E-state index in [1.165, 1.54) is 21.8 Å². The monoisotopic (exact) mass is 534 g/mol. The molecule has 3 aliphatic rings. The topological polar surface area (TPSA) is 95.5 Å². The zero-order chi connectivity index (χ0) is 27.1. The molecule has 5 rings (SSSR count). The fourth-order valence-corrected chi connectivity index (χ4v) is 8.47. The molecule has 0 saturated heterocycles. The zero-order valence-corrected chi connectivity index (χ0v) is 23.5. The van der Waals surface area contributed by atoms with E-state index in [2.05, 4.69) is 17.6 Å². The number of nitrogens with one attached hydrogen (secondary N) is 2. The van der Waals surface area contributed by atoms with Crippen LogP contribution in [0.15, 0.2) is 35.4 Å². The molecular weight excluding hydrogens is 496 g/mol. The molecule has 5 atom stereocenters. The molecule has 1 aromatic heterocycles. The molecule has 3 aliphatic carbocycles. The molecule has 2 aromatic rings. The lowest BCUT2D eigenvalue weighted by molar-refractivity contribution is -0.148. The van der Waals surface area contributed by atoms with Gasteiger partial charge < -0.3 is 15.7 Å². The molecule has 6 nitrogen and oxygen atoms in total. The largest absolute Gasteiger partial charge is 0.481 e. The highest BCUT2D eigenvalue weighted by atomic mass is 32.1. The van der Waals surface area contributed by atoms with Crippen molar-refractivity contribution in [2.45, 2.75) is 72.8 Å². The number of aliphatic carboxylic acids is 1. The van der Waals surface area contributed by atoms with Gasteiger partial charge in [0.15, 0.2) is 0 Å². The lowest BCUT2D eigenvalue weighted by Gasteiger charge is -2.26. The van der Waals surface area contributed by atoms with Crippen LogP contribution in [0.5, 0.6) is 0 Å². The predicted octanol–water partition coefficient (Wildman–Crippen LogP) is 6.13. The van der Waals surface area contributed by atoms with Crippen molar-refractivity contribution in [3.05, 3.63) is 62.5 Å². The van der Waals surface area contributed by atoms with Gasteiger partial charge in [-0.1, -0.05) is 54.3 Å². The molecule has 202 valence electrons. The van der Waals surface area contributed by atoms with Gasteiger partial charge in [0.05, 0.1) is 17.4 Å². The summed E-state index contributed by atoms with van der Waals surface area (Å²) >= 11 is 1.50. The van der Waals surface area contributed by atoms with E-state index in [0.29, 0.717) is 23.0 Å². The standard InChI is InChI=1S/C31H38N2O4S/c1-5-18-10-11-20-23(14-18)38-30(27(20)28(34)32-15-19-8-6-17(4)7-9-19)33-29(35)25-21-12-13-22(24(21)16(2)3)26(25)31(36)37/h6-9,18,21-22,25-26H,5,10-15H2,1-4H3,(H,32,34)(H,33,35)(H,36,37)/t18-,21+,22+,25-,26-/m0/s1. The Labute approximate surface area is 228 Å².